The first-order valence-corrected chi connectivity index (χ1v) is 12.8. The highest BCUT2D eigenvalue weighted by atomic mass is 32.1. The summed E-state index contributed by atoms with van der Waals surface area (Å²) in [6, 6.07) is 10.1. The van der Waals surface area contributed by atoms with Crippen LogP contribution >= 0.6 is 11.3 Å². The number of aliphatic carboxylic acids is 1. The third kappa shape index (κ3) is 6.44. The summed E-state index contributed by atoms with van der Waals surface area (Å²) < 4.78 is 2.34. The van der Waals surface area contributed by atoms with Gasteiger partial charge in [-0.15, -0.1) is 11.3 Å². The first-order valence-electron chi connectivity index (χ1n) is 11.9. The van der Waals surface area contributed by atoms with Gasteiger partial charge in [-0.2, -0.15) is 0 Å². The van der Waals surface area contributed by atoms with E-state index in [0.717, 1.165) is 42.5 Å². The maximum Gasteiger partial charge on any atom is 0.303 e. The van der Waals surface area contributed by atoms with Crippen molar-refractivity contribution in [3.05, 3.63) is 52.0 Å². The molecule has 0 spiro atoms. The van der Waals surface area contributed by atoms with Crippen LogP contribution in [0.5, 0.6) is 0 Å². The van der Waals surface area contributed by atoms with Crippen molar-refractivity contribution in [2.24, 2.45) is 5.92 Å². The lowest BCUT2D eigenvalue weighted by molar-refractivity contribution is -0.137. The zero-order valence-corrected chi connectivity index (χ0v) is 20.8. The minimum atomic E-state index is -0.843. The van der Waals surface area contributed by atoms with Crippen LogP contribution in [-0.4, -0.2) is 32.6 Å². The highest BCUT2D eigenvalue weighted by Crippen LogP contribution is 2.28. The molecule has 0 aliphatic heterocycles. The molecule has 0 radical (unpaired) electrons. The van der Waals surface area contributed by atoms with Crippen LogP contribution in [0.15, 0.2) is 35.7 Å². The first kappa shape index (κ1) is 25.0. The van der Waals surface area contributed by atoms with Crippen molar-refractivity contribution in [2.45, 2.75) is 78.3 Å². The predicted molar refractivity (Wildman–Crippen MR) is 134 cm³/mol. The zero-order chi connectivity index (χ0) is 24.0. The number of fused-ring (bicyclic) bond motifs is 1. The molecular formula is C26H35N3O3S. The Hall–Kier alpha value is -2.67. The minimum Gasteiger partial charge on any atom is -0.481 e. The fraction of sp³-hybridized carbons (Fsp3) is 0.500. The van der Waals surface area contributed by atoms with E-state index in [1.165, 1.54) is 4.88 Å². The van der Waals surface area contributed by atoms with Gasteiger partial charge in [-0.25, -0.2) is 4.98 Å². The molecule has 1 aromatic carbocycles. The van der Waals surface area contributed by atoms with Crippen LogP contribution in [0.1, 0.15) is 86.9 Å². The second kappa shape index (κ2) is 11.5. The molecule has 0 fully saturated rings. The summed E-state index contributed by atoms with van der Waals surface area (Å²) in [7, 11) is 0. The van der Waals surface area contributed by atoms with Crippen molar-refractivity contribution in [2.75, 3.05) is 0 Å². The Bertz CT molecular complexity index is 1070. The number of rotatable bonds is 12. The Morgan fingerprint density at radius 3 is 2.55 bits per heavy atom. The van der Waals surface area contributed by atoms with Crippen molar-refractivity contribution < 1.29 is 14.7 Å². The molecule has 0 bridgehead atoms. The van der Waals surface area contributed by atoms with Gasteiger partial charge in [0.25, 0.3) is 5.91 Å². The highest BCUT2D eigenvalue weighted by molar-refractivity contribution is 7.09. The van der Waals surface area contributed by atoms with E-state index in [1.807, 2.05) is 18.2 Å². The second-order valence-corrected chi connectivity index (χ2v) is 10.1. The monoisotopic (exact) mass is 469 g/mol. The van der Waals surface area contributed by atoms with E-state index in [4.69, 9.17) is 10.1 Å². The molecule has 7 heteroatoms. The third-order valence-electron chi connectivity index (χ3n) is 6.04. The van der Waals surface area contributed by atoms with Crippen molar-refractivity contribution in [3.63, 3.8) is 0 Å². The summed E-state index contributed by atoms with van der Waals surface area (Å²) in [5.41, 5.74) is 2.44. The van der Waals surface area contributed by atoms with Crippen LogP contribution < -0.4 is 5.32 Å². The normalized spacial score (nSPS) is 12.5. The lowest BCUT2D eigenvalue weighted by atomic mass is 9.99. The number of nitrogens with zero attached hydrogens (tertiary/aromatic N) is 2. The Morgan fingerprint density at radius 1 is 1.18 bits per heavy atom. The number of carboxylic acids is 1. The number of nitrogens with one attached hydrogen (secondary N) is 1. The van der Waals surface area contributed by atoms with Crippen LogP contribution in [0.25, 0.3) is 11.0 Å². The number of aromatic nitrogens is 2. The van der Waals surface area contributed by atoms with Gasteiger partial charge in [0.2, 0.25) is 0 Å². The molecule has 0 saturated heterocycles. The molecule has 1 atom stereocenters. The van der Waals surface area contributed by atoms with E-state index in [0.29, 0.717) is 23.9 Å². The first-order chi connectivity index (χ1) is 15.8. The maximum absolute atomic E-state index is 13.0. The number of carboxylic acid groups (broad SMARTS) is 1. The molecule has 6 nitrogen and oxygen atoms in total. The molecule has 2 aromatic heterocycles. The lowest BCUT2D eigenvalue weighted by Crippen LogP contribution is -2.36. The van der Waals surface area contributed by atoms with Crippen molar-refractivity contribution in [1.82, 2.24) is 14.9 Å². The molecule has 3 aromatic rings. The maximum atomic E-state index is 13.0. The van der Waals surface area contributed by atoms with Crippen molar-refractivity contribution in [1.29, 1.82) is 0 Å². The summed E-state index contributed by atoms with van der Waals surface area (Å²) in [5.74, 6) is 0.370. The van der Waals surface area contributed by atoms with E-state index in [2.05, 4.69) is 55.1 Å². The van der Waals surface area contributed by atoms with Gasteiger partial charge in [0, 0.05) is 35.4 Å². The Kier molecular flexibility index (Phi) is 8.67. The van der Waals surface area contributed by atoms with Crippen LogP contribution in [0.2, 0.25) is 0 Å². The van der Waals surface area contributed by atoms with Gasteiger partial charge in [-0.3, -0.25) is 9.59 Å². The molecule has 0 saturated carbocycles. The van der Waals surface area contributed by atoms with Gasteiger partial charge in [0.15, 0.2) is 0 Å². The summed E-state index contributed by atoms with van der Waals surface area (Å²) >= 11 is 1.73. The van der Waals surface area contributed by atoms with Gasteiger partial charge in [-0.05, 0) is 61.2 Å². The number of hydrogen-bond acceptors (Lipinski definition) is 4. The standard InChI is InChI=1S/C26H35N3O3S/c1-5-20(6-2)29-23-11-9-18(15-22(23)28-24(29)16-21-8-7-13-33-21)26(32)27-19(14-17(3)4)10-12-25(30)31/h7-9,11,13,15,17,19-20H,5-6,10,12,14,16H2,1-4H3,(H,27,32)(H,30,31)/t19-/m1/s1. The number of carbonyl (C=O) groups excluding carboxylic acids is 1. The Balaban J connectivity index is 1.90. The summed E-state index contributed by atoms with van der Waals surface area (Å²) in [6.45, 7) is 8.54. The number of carbonyl (C=O) groups is 2. The quantitative estimate of drug-likeness (QED) is 0.338. The molecule has 2 heterocycles. The number of amides is 1. The number of imidazole rings is 1. The van der Waals surface area contributed by atoms with E-state index < -0.39 is 5.97 Å². The van der Waals surface area contributed by atoms with E-state index in [-0.39, 0.29) is 18.4 Å². The SMILES string of the molecule is CCC(CC)n1c(Cc2cccs2)nc2cc(C(=O)N[C@H](CCC(=O)O)CC(C)C)ccc21. The van der Waals surface area contributed by atoms with Gasteiger partial charge < -0.3 is 15.0 Å². The van der Waals surface area contributed by atoms with Crippen LogP contribution in [0.4, 0.5) is 0 Å². The Morgan fingerprint density at radius 2 is 1.94 bits per heavy atom. The van der Waals surface area contributed by atoms with Gasteiger partial charge in [0.1, 0.15) is 5.82 Å². The fourth-order valence-electron chi connectivity index (χ4n) is 4.43. The molecule has 1 amide bonds. The molecule has 0 aliphatic rings. The topological polar surface area (TPSA) is 84.2 Å². The second-order valence-electron chi connectivity index (χ2n) is 9.06. The van der Waals surface area contributed by atoms with E-state index in [1.54, 1.807) is 11.3 Å². The predicted octanol–water partition coefficient (Wildman–Crippen LogP) is 6.06. The van der Waals surface area contributed by atoms with Crippen LogP contribution in [-0.2, 0) is 11.2 Å². The van der Waals surface area contributed by atoms with Crippen LogP contribution in [0.3, 0.4) is 0 Å². The Labute approximate surface area is 200 Å². The average molecular weight is 470 g/mol. The number of hydrogen-bond donors (Lipinski definition) is 2. The lowest BCUT2D eigenvalue weighted by Gasteiger charge is -2.20. The van der Waals surface area contributed by atoms with Gasteiger partial charge >= 0.3 is 5.97 Å². The average Bonchev–Trinajstić information content (AvgIpc) is 3.40. The minimum absolute atomic E-state index is 0.0443. The molecular weight excluding hydrogens is 434 g/mol. The summed E-state index contributed by atoms with van der Waals surface area (Å²) in [6.07, 6.45) is 4.02. The molecule has 0 unspecified atom stereocenters. The smallest absolute Gasteiger partial charge is 0.303 e. The zero-order valence-electron chi connectivity index (χ0n) is 20.0. The molecule has 2 N–H and O–H groups in total. The van der Waals surface area contributed by atoms with E-state index >= 15 is 0 Å². The number of thiophene rings is 1. The largest absolute Gasteiger partial charge is 0.481 e. The fourth-order valence-corrected chi connectivity index (χ4v) is 5.13. The molecule has 3 rings (SSSR count). The van der Waals surface area contributed by atoms with Crippen molar-refractivity contribution >= 4 is 34.2 Å². The van der Waals surface area contributed by atoms with Gasteiger partial charge in [-0.1, -0.05) is 33.8 Å². The molecule has 178 valence electrons. The summed E-state index contributed by atoms with van der Waals surface area (Å²) in [4.78, 5) is 30.3. The van der Waals surface area contributed by atoms with Crippen LogP contribution in [0, 0.1) is 5.92 Å². The third-order valence-corrected chi connectivity index (χ3v) is 6.92. The molecule has 33 heavy (non-hydrogen) atoms. The molecule has 0 aliphatic carbocycles. The number of benzene rings is 1. The highest BCUT2D eigenvalue weighted by Gasteiger charge is 2.20. The van der Waals surface area contributed by atoms with Crippen molar-refractivity contribution in [3.8, 4) is 0 Å². The van der Waals surface area contributed by atoms with Gasteiger partial charge in [0.05, 0.1) is 11.0 Å². The van der Waals surface area contributed by atoms with E-state index in [9.17, 15) is 9.59 Å². The summed E-state index contributed by atoms with van der Waals surface area (Å²) in [5, 5.41) is 14.2.